The molecule has 0 spiro atoms. The number of alkyl halides is 3. The van der Waals surface area contributed by atoms with Gasteiger partial charge in [-0.25, -0.2) is 0 Å². The Morgan fingerprint density at radius 1 is 1.04 bits per heavy atom. The second-order valence-corrected chi connectivity index (χ2v) is 6.22. The Hall–Kier alpha value is -2.63. The number of aromatic nitrogens is 1. The molecule has 25 heavy (non-hydrogen) atoms. The summed E-state index contributed by atoms with van der Waals surface area (Å²) in [6.45, 7) is 0. The summed E-state index contributed by atoms with van der Waals surface area (Å²) in [5.41, 5.74) is 4.39. The number of hydrogen-bond acceptors (Lipinski definition) is 2. The minimum atomic E-state index is -4.67. The fourth-order valence-corrected chi connectivity index (χ4v) is 3.51. The number of halogens is 3. The number of aromatic amines is 1. The number of H-pyrrole nitrogens is 1. The van der Waals surface area contributed by atoms with Gasteiger partial charge < -0.3 is 15.0 Å². The maximum Gasteiger partial charge on any atom is 0.573 e. The lowest BCUT2D eigenvalue weighted by Gasteiger charge is -2.25. The first kappa shape index (κ1) is 15.9. The highest BCUT2D eigenvalue weighted by atomic mass is 19.4. The fraction of sp³-hybridized carbons (Fsp3) is 0.263. The van der Waals surface area contributed by atoms with Crippen molar-refractivity contribution in [2.75, 3.05) is 5.32 Å². The summed E-state index contributed by atoms with van der Waals surface area (Å²) in [5.74, 6) is -0.215. The topological polar surface area (TPSA) is 37.0 Å². The molecular formula is C19H17F3N2O. The highest BCUT2D eigenvalue weighted by molar-refractivity contribution is 5.85. The third-order valence-corrected chi connectivity index (χ3v) is 4.54. The summed E-state index contributed by atoms with van der Waals surface area (Å²) in [7, 11) is 0. The van der Waals surface area contributed by atoms with E-state index in [1.165, 1.54) is 28.8 Å². The molecule has 2 N–H and O–H groups in total. The zero-order valence-electron chi connectivity index (χ0n) is 13.4. The van der Waals surface area contributed by atoms with Crippen molar-refractivity contribution >= 4 is 16.6 Å². The van der Waals surface area contributed by atoms with Crippen molar-refractivity contribution in [3.63, 3.8) is 0 Å². The maximum atomic E-state index is 12.2. The SMILES string of the molecule is FC(F)(F)Oc1ccc(NC2CCCc3c2[nH]c2ccccc32)cc1. The third kappa shape index (κ3) is 3.29. The molecule has 1 heterocycles. The number of ether oxygens (including phenoxy) is 1. The molecule has 0 amide bonds. The molecule has 4 rings (SSSR count). The third-order valence-electron chi connectivity index (χ3n) is 4.54. The number of anilines is 1. The minimum Gasteiger partial charge on any atom is -0.406 e. The molecule has 3 nitrogen and oxygen atoms in total. The average Bonchev–Trinajstić information content (AvgIpc) is 2.95. The van der Waals surface area contributed by atoms with E-state index in [0.717, 1.165) is 30.5 Å². The Morgan fingerprint density at radius 3 is 2.56 bits per heavy atom. The van der Waals surface area contributed by atoms with Crippen molar-refractivity contribution in [3.05, 3.63) is 59.8 Å². The average molecular weight is 346 g/mol. The first-order chi connectivity index (χ1) is 12.0. The molecule has 1 aliphatic rings. The normalized spacial score (nSPS) is 17.3. The standard InChI is InChI=1S/C19H17F3N2O/c20-19(21,22)25-13-10-8-12(9-11-13)23-17-7-3-5-15-14-4-1-2-6-16(14)24-18(15)17/h1-2,4,6,8-11,17,23-24H,3,5,7H2. The molecule has 0 radical (unpaired) electrons. The van der Waals surface area contributed by atoms with Gasteiger partial charge >= 0.3 is 6.36 Å². The molecule has 0 fully saturated rings. The van der Waals surface area contributed by atoms with Crippen LogP contribution >= 0.6 is 0 Å². The maximum absolute atomic E-state index is 12.2. The van der Waals surface area contributed by atoms with Gasteiger partial charge in [0.25, 0.3) is 0 Å². The van der Waals surface area contributed by atoms with Gasteiger partial charge in [0, 0.05) is 22.3 Å². The van der Waals surface area contributed by atoms with Gasteiger partial charge in [-0.1, -0.05) is 18.2 Å². The van der Waals surface area contributed by atoms with Crippen LogP contribution in [0.2, 0.25) is 0 Å². The zero-order valence-corrected chi connectivity index (χ0v) is 13.4. The van der Waals surface area contributed by atoms with E-state index in [1.54, 1.807) is 12.1 Å². The van der Waals surface area contributed by atoms with Gasteiger partial charge in [-0.05, 0) is 55.2 Å². The van der Waals surface area contributed by atoms with Crippen LogP contribution in [0.5, 0.6) is 5.75 Å². The molecule has 1 aliphatic carbocycles. The van der Waals surface area contributed by atoms with E-state index in [0.29, 0.717) is 0 Å². The van der Waals surface area contributed by atoms with Crippen molar-refractivity contribution in [1.82, 2.24) is 4.98 Å². The first-order valence-corrected chi connectivity index (χ1v) is 8.21. The van der Waals surface area contributed by atoms with E-state index in [2.05, 4.69) is 27.2 Å². The number of nitrogens with one attached hydrogen (secondary N) is 2. The number of hydrogen-bond donors (Lipinski definition) is 2. The summed E-state index contributed by atoms with van der Waals surface area (Å²) in [6, 6.07) is 14.2. The van der Waals surface area contributed by atoms with Crippen molar-refractivity contribution in [1.29, 1.82) is 0 Å². The van der Waals surface area contributed by atoms with Crippen molar-refractivity contribution in [2.24, 2.45) is 0 Å². The first-order valence-electron chi connectivity index (χ1n) is 8.21. The van der Waals surface area contributed by atoms with Gasteiger partial charge in [0.2, 0.25) is 0 Å². The predicted molar refractivity (Wildman–Crippen MR) is 90.7 cm³/mol. The number of benzene rings is 2. The molecule has 130 valence electrons. The van der Waals surface area contributed by atoms with E-state index >= 15 is 0 Å². The molecule has 2 aromatic carbocycles. The molecule has 1 aromatic heterocycles. The fourth-order valence-electron chi connectivity index (χ4n) is 3.51. The molecule has 1 atom stereocenters. The van der Waals surface area contributed by atoms with Gasteiger partial charge in [-0.15, -0.1) is 13.2 Å². The second-order valence-electron chi connectivity index (χ2n) is 6.22. The Kier molecular flexibility index (Phi) is 3.82. The Morgan fingerprint density at radius 2 is 1.80 bits per heavy atom. The number of fused-ring (bicyclic) bond motifs is 3. The Bertz CT molecular complexity index is 884. The van der Waals surface area contributed by atoms with Gasteiger partial charge in [0.05, 0.1) is 6.04 Å². The van der Waals surface area contributed by atoms with Crippen molar-refractivity contribution in [2.45, 2.75) is 31.7 Å². The van der Waals surface area contributed by atoms with Crippen molar-refractivity contribution in [3.8, 4) is 5.75 Å². The van der Waals surface area contributed by atoms with E-state index < -0.39 is 6.36 Å². The molecular weight excluding hydrogens is 329 g/mol. The van der Waals surface area contributed by atoms with Gasteiger partial charge in [-0.2, -0.15) is 0 Å². The van der Waals surface area contributed by atoms with Gasteiger partial charge in [0.1, 0.15) is 5.75 Å². The lowest BCUT2D eigenvalue weighted by atomic mass is 9.91. The van der Waals surface area contributed by atoms with Crippen LogP contribution in [-0.4, -0.2) is 11.3 Å². The summed E-state index contributed by atoms with van der Waals surface area (Å²) in [5, 5.41) is 4.67. The Balaban J connectivity index is 1.56. The number of rotatable bonds is 3. The van der Waals surface area contributed by atoms with Crippen LogP contribution < -0.4 is 10.1 Å². The van der Waals surface area contributed by atoms with Crippen LogP contribution in [-0.2, 0) is 6.42 Å². The second kappa shape index (κ2) is 6.02. The van der Waals surface area contributed by atoms with Gasteiger partial charge in [0.15, 0.2) is 0 Å². The van der Waals surface area contributed by atoms with E-state index in [9.17, 15) is 13.2 Å². The van der Waals surface area contributed by atoms with Crippen LogP contribution in [0, 0.1) is 0 Å². The minimum absolute atomic E-state index is 0.116. The molecule has 0 saturated heterocycles. The molecule has 1 unspecified atom stereocenters. The summed E-state index contributed by atoms with van der Waals surface area (Å²) in [4.78, 5) is 3.49. The quantitative estimate of drug-likeness (QED) is 0.652. The summed E-state index contributed by atoms with van der Waals surface area (Å²) < 4.78 is 40.6. The lowest BCUT2D eigenvalue weighted by Crippen LogP contribution is -2.18. The highest BCUT2D eigenvalue weighted by Gasteiger charge is 2.31. The Labute approximate surface area is 142 Å². The van der Waals surface area contributed by atoms with Crippen LogP contribution in [0.25, 0.3) is 10.9 Å². The van der Waals surface area contributed by atoms with Crippen LogP contribution in [0.4, 0.5) is 18.9 Å². The predicted octanol–water partition coefficient (Wildman–Crippen LogP) is 5.56. The van der Waals surface area contributed by atoms with Crippen LogP contribution in [0.15, 0.2) is 48.5 Å². The van der Waals surface area contributed by atoms with Gasteiger partial charge in [-0.3, -0.25) is 0 Å². The molecule has 3 aromatic rings. The largest absolute Gasteiger partial charge is 0.573 e. The number of aryl methyl sites for hydroxylation is 1. The smallest absolute Gasteiger partial charge is 0.406 e. The van der Waals surface area contributed by atoms with E-state index in [1.807, 2.05) is 12.1 Å². The monoisotopic (exact) mass is 346 g/mol. The van der Waals surface area contributed by atoms with Crippen molar-refractivity contribution < 1.29 is 17.9 Å². The van der Waals surface area contributed by atoms with Crippen LogP contribution in [0.3, 0.4) is 0 Å². The summed E-state index contributed by atoms with van der Waals surface area (Å²) >= 11 is 0. The van der Waals surface area contributed by atoms with E-state index in [-0.39, 0.29) is 11.8 Å². The molecule has 0 saturated carbocycles. The molecule has 6 heteroatoms. The highest BCUT2D eigenvalue weighted by Crippen LogP contribution is 2.36. The molecule has 0 aliphatic heterocycles. The van der Waals surface area contributed by atoms with E-state index in [4.69, 9.17) is 0 Å². The summed E-state index contributed by atoms with van der Waals surface area (Å²) in [6.07, 6.45) is -1.59. The van der Waals surface area contributed by atoms with Crippen LogP contribution in [0.1, 0.15) is 30.1 Å². The lowest BCUT2D eigenvalue weighted by molar-refractivity contribution is -0.274. The zero-order chi connectivity index (χ0) is 17.4. The molecule has 0 bridgehead atoms. The number of para-hydroxylation sites is 1.